The third-order valence-electron chi connectivity index (χ3n) is 2.66. The van der Waals surface area contributed by atoms with E-state index in [0.29, 0.717) is 0 Å². The second kappa shape index (κ2) is 8.46. The van der Waals surface area contributed by atoms with E-state index in [2.05, 4.69) is 12.2 Å². The topological polar surface area (TPSA) is 35.8 Å². The molecule has 0 spiro atoms. The highest BCUT2D eigenvalue weighted by Gasteiger charge is 2.36. The molecule has 4 heteroatoms. The largest absolute Gasteiger partial charge is 0.305 e. The van der Waals surface area contributed by atoms with Crippen LogP contribution < -0.4 is 5.32 Å². The fourth-order valence-electron chi connectivity index (χ4n) is 1.62. The van der Waals surface area contributed by atoms with Gasteiger partial charge in [0.15, 0.2) is 0 Å². The van der Waals surface area contributed by atoms with Crippen LogP contribution in [-0.2, 0) is 0 Å². The second-order valence-corrected chi connectivity index (χ2v) is 4.43. The molecule has 1 N–H and O–H groups in total. The second-order valence-electron chi connectivity index (χ2n) is 4.43. The minimum absolute atomic E-state index is 0.132. The molecule has 0 aromatic heterocycles. The zero-order valence-corrected chi connectivity index (χ0v) is 10.2. The van der Waals surface area contributed by atoms with Crippen LogP contribution in [0, 0.1) is 17.2 Å². The number of alkyl halides is 2. The zero-order chi connectivity index (χ0) is 12.4. The van der Waals surface area contributed by atoms with E-state index >= 15 is 0 Å². The maximum absolute atomic E-state index is 11.5. The highest BCUT2D eigenvalue weighted by atomic mass is 19.3. The summed E-state index contributed by atoms with van der Waals surface area (Å²) in [6, 6.07) is 1.75. The predicted octanol–water partition coefficient (Wildman–Crippen LogP) is 3.34. The van der Waals surface area contributed by atoms with Crippen molar-refractivity contribution < 1.29 is 8.78 Å². The monoisotopic (exact) mass is 232 g/mol. The van der Waals surface area contributed by atoms with E-state index in [1.165, 1.54) is 39.0 Å². The fraction of sp³-hybridized carbons (Fsp3) is 0.917. The van der Waals surface area contributed by atoms with Crippen LogP contribution in [0.15, 0.2) is 0 Å². The van der Waals surface area contributed by atoms with Crippen molar-refractivity contribution in [2.75, 3.05) is 13.1 Å². The molecule has 1 aliphatic heterocycles. The van der Waals surface area contributed by atoms with Gasteiger partial charge in [-0.15, -0.1) is 0 Å². The first-order valence-electron chi connectivity index (χ1n) is 5.91. The summed E-state index contributed by atoms with van der Waals surface area (Å²) in [4.78, 5) is 0. The summed E-state index contributed by atoms with van der Waals surface area (Å²) >= 11 is 0. The number of halogens is 2. The first-order chi connectivity index (χ1) is 7.52. The number of rotatable bonds is 0. The molecule has 0 aromatic carbocycles. The molecule has 0 aromatic rings. The quantitative estimate of drug-likeness (QED) is 0.695. The van der Waals surface area contributed by atoms with Crippen molar-refractivity contribution in [3.63, 3.8) is 0 Å². The average Bonchev–Trinajstić information content (AvgIpc) is 2.19. The van der Waals surface area contributed by atoms with Crippen LogP contribution in [0.5, 0.6) is 0 Å². The smallest absolute Gasteiger partial charge is 0.272 e. The lowest BCUT2D eigenvalue weighted by Gasteiger charge is -2.25. The minimum atomic E-state index is -2.39. The standard InChI is InChI=1S/C7H14.C3H5F2N.C2H3N/c1-7-5-3-2-4-6-7;4-3(5)1-6-2-3;1-2-3/h7H,2-6H2,1H3;6H,1-2H2;1H3. The van der Waals surface area contributed by atoms with Gasteiger partial charge in [0.1, 0.15) is 0 Å². The van der Waals surface area contributed by atoms with Crippen molar-refractivity contribution in [1.82, 2.24) is 5.32 Å². The molecule has 0 radical (unpaired) electrons. The van der Waals surface area contributed by atoms with E-state index in [1.807, 2.05) is 0 Å². The Morgan fingerprint density at radius 3 is 1.69 bits per heavy atom. The van der Waals surface area contributed by atoms with Crippen molar-refractivity contribution in [1.29, 1.82) is 5.26 Å². The molecule has 2 rings (SSSR count). The molecule has 1 heterocycles. The van der Waals surface area contributed by atoms with Gasteiger partial charge in [-0.2, -0.15) is 5.26 Å². The van der Waals surface area contributed by atoms with E-state index in [-0.39, 0.29) is 13.1 Å². The minimum Gasteiger partial charge on any atom is -0.305 e. The molecule has 16 heavy (non-hydrogen) atoms. The predicted molar refractivity (Wildman–Crippen MR) is 61.4 cm³/mol. The molecule has 2 nitrogen and oxygen atoms in total. The van der Waals surface area contributed by atoms with E-state index in [0.717, 1.165) is 5.92 Å². The van der Waals surface area contributed by atoms with Crippen LogP contribution >= 0.6 is 0 Å². The lowest BCUT2D eigenvalue weighted by molar-refractivity contribution is -0.0475. The number of hydrogen-bond donors (Lipinski definition) is 1. The summed E-state index contributed by atoms with van der Waals surface area (Å²) in [6.45, 7) is 3.53. The SMILES string of the molecule is CC#N.CC1CCCCC1.FC1(F)CNC1. The van der Waals surface area contributed by atoms with Crippen molar-refractivity contribution >= 4 is 0 Å². The maximum atomic E-state index is 11.5. The van der Waals surface area contributed by atoms with Crippen molar-refractivity contribution in [2.45, 2.75) is 51.9 Å². The van der Waals surface area contributed by atoms with Crippen LogP contribution in [0.3, 0.4) is 0 Å². The normalized spacial score (nSPS) is 22.4. The van der Waals surface area contributed by atoms with Crippen molar-refractivity contribution in [3.05, 3.63) is 0 Å². The van der Waals surface area contributed by atoms with Gasteiger partial charge in [-0.05, 0) is 5.92 Å². The Labute approximate surface area is 97.0 Å². The highest BCUT2D eigenvalue weighted by Crippen LogP contribution is 2.22. The molecule has 0 amide bonds. The van der Waals surface area contributed by atoms with Gasteiger partial charge in [0.25, 0.3) is 5.92 Å². The third kappa shape index (κ3) is 8.60. The lowest BCUT2D eigenvalue weighted by atomic mass is 9.91. The van der Waals surface area contributed by atoms with Crippen molar-refractivity contribution in [3.8, 4) is 6.07 Å². The molecule has 0 bridgehead atoms. The van der Waals surface area contributed by atoms with E-state index < -0.39 is 5.92 Å². The lowest BCUT2D eigenvalue weighted by Crippen LogP contribution is -2.52. The highest BCUT2D eigenvalue weighted by molar-refractivity contribution is 4.81. The summed E-state index contributed by atoms with van der Waals surface area (Å²) < 4.78 is 23.0. The molecule has 1 saturated heterocycles. The van der Waals surface area contributed by atoms with Gasteiger partial charge >= 0.3 is 0 Å². The van der Waals surface area contributed by atoms with Gasteiger partial charge < -0.3 is 5.32 Å². The van der Waals surface area contributed by atoms with Crippen LogP contribution in [0.4, 0.5) is 8.78 Å². The van der Waals surface area contributed by atoms with Crippen LogP contribution in [0.2, 0.25) is 0 Å². The molecule has 0 atom stereocenters. The van der Waals surface area contributed by atoms with Gasteiger partial charge in [0.2, 0.25) is 0 Å². The Balaban J connectivity index is 0.000000230. The fourth-order valence-corrected chi connectivity index (χ4v) is 1.62. The van der Waals surface area contributed by atoms with Crippen molar-refractivity contribution in [2.24, 2.45) is 5.92 Å². The van der Waals surface area contributed by atoms with Gasteiger partial charge in [-0.25, -0.2) is 8.78 Å². The summed E-state index contributed by atoms with van der Waals surface area (Å²) in [5.74, 6) is -1.35. The number of hydrogen-bond acceptors (Lipinski definition) is 2. The van der Waals surface area contributed by atoms with Crippen LogP contribution in [0.25, 0.3) is 0 Å². The molecule has 94 valence electrons. The molecular formula is C12H22F2N2. The molecule has 0 unspecified atom stereocenters. The Bertz CT molecular complexity index is 200. The van der Waals surface area contributed by atoms with Crippen LogP contribution in [0.1, 0.15) is 46.0 Å². The first-order valence-corrected chi connectivity index (χ1v) is 5.91. The van der Waals surface area contributed by atoms with Gasteiger partial charge in [0.05, 0.1) is 19.2 Å². The Kier molecular flexibility index (Phi) is 8.10. The maximum Gasteiger partial charge on any atom is 0.272 e. The Morgan fingerprint density at radius 1 is 1.19 bits per heavy atom. The number of nitrogens with one attached hydrogen (secondary N) is 1. The van der Waals surface area contributed by atoms with E-state index in [4.69, 9.17) is 5.26 Å². The van der Waals surface area contributed by atoms with E-state index in [1.54, 1.807) is 6.07 Å². The van der Waals surface area contributed by atoms with Gasteiger partial charge in [-0.1, -0.05) is 39.0 Å². The number of nitriles is 1. The van der Waals surface area contributed by atoms with Gasteiger partial charge in [-0.3, -0.25) is 0 Å². The summed E-state index contributed by atoms with van der Waals surface area (Å²) in [5.41, 5.74) is 0. The zero-order valence-electron chi connectivity index (χ0n) is 10.2. The molecular weight excluding hydrogens is 210 g/mol. The number of nitrogens with zero attached hydrogens (tertiary/aromatic N) is 1. The Hall–Kier alpha value is -0.690. The molecule has 1 aliphatic carbocycles. The van der Waals surface area contributed by atoms with E-state index in [9.17, 15) is 8.78 Å². The molecule has 1 saturated carbocycles. The Morgan fingerprint density at radius 2 is 1.56 bits per heavy atom. The third-order valence-corrected chi connectivity index (χ3v) is 2.66. The summed E-state index contributed by atoms with van der Waals surface area (Å²) in [5, 5.41) is 9.77. The van der Waals surface area contributed by atoms with Crippen LogP contribution in [-0.4, -0.2) is 19.0 Å². The molecule has 2 fully saturated rings. The summed E-state index contributed by atoms with van der Waals surface area (Å²) in [7, 11) is 0. The molecule has 2 aliphatic rings. The summed E-state index contributed by atoms with van der Waals surface area (Å²) in [6.07, 6.45) is 7.44. The first kappa shape index (κ1) is 15.3. The average molecular weight is 232 g/mol. The van der Waals surface area contributed by atoms with Gasteiger partial charge in [0, 0.05) is 6.92 Å².